The Morgan fingerprint density at radius 3 is 2.56 bits per heavy atom. The average molecular weight is 263 g/mol. The van der Waals surface area contributed by atoms with Crippen LogP contribution >= 0.6 is 11.8 Å². The van der Waals surface area contributed by atoms with Crippen molar-refractivity contribution in [2.75, 3.05) is 12.0 Å². The number of hydrogen-bond acceptors (Lipinski definition) is 2. The van der Waals surface area contributed by atoms with Crippen LogP contribution in [0.2, 0.25) is 0 Å². The summed E-state index contributed by atoms with van der Waals surface area (Å²) in [7, 11) is 0. The molecule has 2 heteroatoms. The number of thioether (sulfide) groups is 1. The van der Waals surface area contributed by atoms with Crippen molar-refractivity contribution in [3.8, 4) is 0 Å². The summed E-state index contributed by atoms with van der Waals surface area (Å²) in [6.07, 6.45) is 6.09. The molecular formula is C16H25NS. The Bertz CT molecular complexity index is 354. The molecule has 1 unspecified atom stereocenters. The first kappa shape index (κ1) is 14.0. The topological polar surface area (TPSA) is 12.0 Å². The fraction of sp³-hybridized carbons (Fsp3) is 0.625. The molecule has 1 fully saturated rings. The van der Waals surface area contributed by atoms with Crippen LogP contribution in [0.15, 0.2) is 24.3 Å². The van der Waals surface area contributed by atoms with Crippen LogP contribution in [0, 0.1) is 6.92 Å². The van der Waals surface area contributed by atoms with Crippen molar-refractivity contribution in [3.05, 3.63) is 35.4 Å². The molecule has 0 radical (unpaired) electrons. The first-order valence-electron chi connectivity index (χ1n) is 7.00. The van der Waals surface area contributed by atoms with Crippen molar-refractivity contribution in [2.24, 2.45) is 0 Å². The Labute approximate surface area is 116 Å². The van der Waals surface area contributed by atoms with Gasteiger partial charge in [-0.3, -0.25) is 0 Å². The lowest BCUT2D eigenvalue weighted by Gasteiger charge is -2.38. The molecule has 18 heavy (non-hydrogen) atoms. The highest BCUT2D eigenvalue weighted by Gasteiger charge is 2.30. The van der Waals surface area contributed by atoms with E-state index in [4.69, 9.17) is 0 Å². The van der Waals surface area contributed by atoms with E-state index in [0.717, 1.165) is 12.0 Å². The van der Waals surface area contributed by atoms with Crippen LogP contribution in [0.4, 0.5) is 0 Å². The van der Waals surface area contributed by atoms with E-state index in [0.29, 0.717) is 6.04 Å². The first-order chi connectivity index (χ1) is 8.69. The summed E-state index contributed by atoms with van der Waals surface area (Å²) >= 11 is 1.94. The molecule has 1 saturated carbocycles. The Hall–Kier alpha value is -0.470. The third-order valence-corrected chi connectivity index (χ3v) is 4.61. The average Bonchev–Trinajstić information content (AvgIpc) is 2.32. The molecule has 1 aromatic rings. The predicted octanol–water partition coefficient (Wildman–Crippen LogP) is 3.97. The summed E-state index contributed by atoms with van der Waals surface area (Å²) in [5.74, 6) is 2.05. The molecule has 0 spiro atoms. The number of aryl methyl sites for hydroxylation is 1. The van der Waals surface area contributed by atoms with Crippen molar-refractivity contribution in [3.63, 3.8) is 0 Å². The maximum absolute atomic E-state index is 3.75. The van der Waals surface area contributed by atoms with E-state index in [2.05, 4.69) is 49.7 Å². The summed E-state index contributed by atoms with van der Waals surface area (Å²) < 4.78 is 0. The Morgan fingerprint density at radius 2 is 1.94 bits per heavy atom. The van der Waals surface area contributed by atoms with Crippen LogP contribution in [-0.2, 0) is 0 Å². The van der Waals surface area contributed by atoms with Crippen molar-refractivity contribution >= 4 is 11.8 Å². The van der Waals surface area contributed by atoms with Crippen LogP contribution in [0.25, 0.3) is 0 Å². The molecule has 1 nitrogen and oxygen atoms in total. The molecule has 100 valence electrons. The highest BCUT2D eigenvalue weighted by Crippen LogP contribution is 2.37. The van der Waals surface area contributed by atoms with Gasteiger partial charge in [0, 0.05) is 12.1 Å². The smallest absolute Gasteiger partial charge is 0.00812 e. The van der Waals surface area contributed by atoms with Gasteiger partial charge in [-0.05, 0) is 56.6 Å². The molecule has 1 aromatic carbocycles. The van der Waals surface area contributed by atoms with E-state index in [9.17, 15) is 0 Å². The lowest BCUT2D eigenvalue weighted by molar-refractivity contribution is 0.268. The zero-order valence-corrected chi connectivity index (χ0v) is 12.6. The van der Waals surface area contributed by atoms with Gasteiger partial charge in [0.05, 0.1) is 0 Å². The van der Waals surface area contributed by atoms with Gasteiger partial charge < -0.3 is 5.32 Å². The summed E-state index contributed by atoms with van der Waals surface area (Å²) in [6, 6.07) is 10.5. The molecular weight excluding hydrogens is 238 g/mol. The second-order valence-corrected chi connectivity index (χ2v) is 6.61. The van der Waals surface area contributed by atoms with E-state index in [-0.39, 0.29) is 0 Å². The van der Waals surface area contributed by atoms with E-state index in [1.165, 1.54) is 36.1 Å². The number of nitrogens with one attached hydrogen (secondary N) is 1. The van der Waals surface area contributed by atoms with Gasteiger partial charge in [-0.1, -0.05) is 29.8 Å². The van der Waals surface area contributed by atoms with Gasteiger partial charge in [0.25, 0.3) is 0 Å². The highest BCUT2D eigenvalue weighted by molar-refractivity contribution is 7.98. The zero-order chi connectivity index (χ0) is 13.0. The third kappa shape index (κ3) is 3.76. The standard InChI is InChI=1S/C16H25NS/c1-12-4-6-14(7-5-12)15-10-16(11-15)17-13(2)8-9-18-3/h4-7,13,15-17H,8-11H2,1-3H3. The number of hydrogen-bond donors (Lipinski definition) is 1. The van der Waals surface area contributed by atoms with Crippen molar-refractivity contribution in [2.45, 2.75) is 51.1 Å². The Kier molecular flexibility index (Phi) is 5.13. The number of benzene rings is 1. The van der Waals surface area contributed by atoms with Crippen molar-refractivity contribution in [1.82, 2.24) is 5.32 Å². The minimum Gasteiger partial charge on any atom is -0.311 e. The number of rotatable bonds is 6. The fourth-order valence-electron chi connectivity index (χ4n) is 2.65. The van der Waals surface area contributed by atoms with Gasteiger partial charge in [-0.25, -0.2) is 0 Å². The van der Waals surface area contributed by atoms with Crippen LogP contribution < -0.4 is 5.32 Å². The van der Waals surface area contributed by atoms with Gasteiger partial charge in [-0.15, -0.1) is 0 Å². The molecule has 1 atom stereocenters. The fourth-order valence-corrected chi connectivity index (χ4v) is 3.23. The van der Waals surface area contributed by atoms with Crippen LogP contribution in [-0.4, -0.2) is 24.1 Å². The van der Waals surface area contributed by atoms with E-state index in [1.54, 1.807) is 0 Å². The lowest BCUT2D eigenvalue weighted by Crippen LogP contribution is -2.44. The predicted molar refractivity (Wildman–Crippen MR) is 82.5 cm³/mol. The van der Waals surface area contributed by atoms with Crippen LogP contribution in [0.1, 0.15) is 43.2 Å². The summed E-state index contributed by atoms with van der Waals surface area (Å²) in [4.78, 5) is 0. The molecule has 0 aliphatic heterocycles. The Morgan fingerprint density at radius 1 is 1.28 bits per heavy atom. The Balaban J connectivity index is 1.72. The van der Waals surface area contributed by atoms with Crippen LogP contribution in [0.3, 0.4) is 0 Å². The molecule has 0 saturated heterocycles. The second kappa shape index (κ2) is 6.63. The minimum absolute atomic E-state index is 0.668. The monoisotopic (exact) mass is 263 g/mol. The highest BCUT2D eigenvalue weighted by atomic mass is 32.2. The second-order valence-electron chi connectivity index (χ2n) is 5.63. The summed E-state index contributed by atoms with van der Waals surface area (Å²) in [5.41, 5.74) is 2.88. The maximum Gasteiger partial charge on any atom is 0.00812 e. The van der Waals surface area contributed by atoms with E-state index < -0.39 is 0 Å². The van der Waals surface area contributed by atoms with Gasteiger partial charge in [0.1, 0.15) is 0 Å². The maximum atomic E-state index is 3.75. The molecule has 0 aromatic heterocycles. The lowest BCUT2D eigenvalue weighted by atomic mass is 9.75. The molecule has 0 bridgehead atoms. The third-order valence-electron chi connectivity index (χ3n) is 3.96. The zero-order valence-electron chi connectivity index (χ0n) is 11.8. The van der Waals surface area contributed by atoms with Gasteiger partial charge in [-0.2, -0.15) is 11.8 Å². The van der Waals surface area contributed by atoms with Crippen molar-refractivity contribution < 1.29 is 0 Å². The van der Waals surface area contributed by atoms with Crippen LogP contribution in [0.5, 0.6) is 0 Å². The molecule has 2 rings (SSSR count). The normalized spacial score (nSPS) is 24.6. The van der Waals surface area contributed by atoms with Gasteiger partial charge in [0.2, 0.25) is 0 Å². The first-order valence-corrected chi connectivity index (χ1v) is 8.40. The summed E-state index contributed by atoms with van der Waals surface area (Å²) in [5, 5.41) is 3.75. The molecule has 1 aliphatic carbocycles. The molecule has 0 heterocycles. The minimum atomic E-state index is 0.668. The SMILES string of the molecule is CSCCC(C)NC1CC(c2ccc(C)cc2)C1. The van der Waals surface area contributed by atoms with E-state index in [1.807, 2.05) is 11.8 Å². The largest absolute Gasteiger partial charge is 0.311 e. The molecule has 0 amide bonds. The van der Waals surface area contributed by atoms with Crippen molar-refractivity contribution in [1.29, 1.82) is 0 Å². The summed E-state index contributed by atoms with van der Waals surface area (Å²) in [6.45, 7) is 4.47. The van der Waals surface area contributed by atoms with Gasteiger partial charge >= 0.3 is 0 Å². The quantitative estimate of drug-likeness (QED) is 0.833. The van der Waals surface area contributed by atoms with Gasteiger partial charge in [0.15, 0.2) is 0 Å². The van der Waals surface area contributed by atoms with E-state index >= 15 is 0 Å². The molecule has 1 N–H and O–H groups in total. The molecule has 1 aliphatic rings.